The maximum absolute atomic E-state index is 12.5. The Morgan fingerprint density at radius 1 is 1.48 bits per heavy atom. The van der Waals surface area contributed by atoms with Gasteiger partial charge in [-0.15, -0.1) is 0 Å². The molecule has 1 saturated heterocycles. The van der Waals surface area contributed by atoms with Crippen molar-refractivity contribution < 1.29 is 14.2 Å². The second kappa shape index (κ2) is 6.99. The van der Waals surface area contributed by atoms with Crippen LogP contribution in [0.15, 0.2) is 28.8 Å². The number of rotatable bonds is 5. The first-order chi connectivity index (χ1) is 12.0. The topological polar surface area (TPSA) is 122 Å². The van der Waals surface area contributed by atoms with Gasteiger partial charge in [0.1, 0.15) is 11.3 Å². The van der Waals surface area contributed by atoms with Crippen molar-refractivity contribution in [3.05, 3.63) is 57.0 Å². The van der Waals surface area contributed by atoms with Gasteiger partial charge in [-0.3, -0.25) is 14.9 Å². The molecule has 2 aromatic rings. The van der Waals surface area contributed by atoms with E-state index in [0.29, 0.717) is 29.9 Å². The van der Waals surface area contributed by atoms with Crippen molar-refractivity contribution in [2.75, 3.05) is 0 Å². The first-order valence-corrected chi connectivity index (χ1v) is 8.01. The van der Waals surface area contributed by atoms with Crippen molar-refractivity contribution in [3.63, 3.8) is 0 Å². The maximum Gasteiger partial charge on any atom is 0.269 e. The summed E-state index contributed by atoms with van der Waals surface area (Å²) in [5.74, 6) is 0.297. The molecular formula is C16H19N5O4. The van der Waals surface area contributed by atoms with Crippen LogP contribution in [0.2, 0.25) is 0 Å². The highest BCUT2D eigenvalue weighted by Gasteiger charge is 2.29. The summed E-state index contributed by atoms with van der Waals surface area (Å²) < 4.78 is 5.15. The van der Waals surface area contributed by atoms with Gasteiger partial charge in [0.05, 0.1) is 16.8 Å². The SMILES string of the molecule is CCc1onc(C)c1C(=O)NC1CC(c2cccc([N+](=O)[O-])c2)NN1. The Bertz CT molecular complexity index is 804. The first kappa shape index (κ1) is 17.1. The van der Waals surface area contributed by atoms with E-state index in [1.54, 1.807) is 13.0 Å². The van der Waals surface area contributed by atoms with Crippen LogP contribution in [0.4, 0.5) is 5.69 Å². The van der Waals surface area contributed by atoms with E-state index in [1.807, 2.05) is 13.0 Å². The number of carbonyl (C=O) groups is 1. The lowest BCUT2D eigenvalue weighted by molar-refractivity contribution is -0.384. The van der Waals surface area contributed by atoms with Crippen LogP contribution in [0.3, 0.4) is 0 Å². The van der Waals surface area contributed by atoms with Crippen LogP contribution in [-0.2, 0) is 6.42 Å². The Balaban J connectivity index is 1.67. The zero-order chi connectivity index (χ0) is 18.0. The van der Waals surface area contributed by atoms with E-state index in [0.717, 1.165) is 5.56 Å². The normalized spacial score (nSPS) is 19.8. The van der Waals surface area contributed by atoms with Crippen molar-refractivity contribution in [2.45, 2.75) is 38.9 Å². The molecule has 1 amide bonds. The van der Waals surface area contributed by atoms with E-state index in [1.165, 1.54) is 12.1 Å². The second-order valence-corrected chi connectivity index (χ2v) is 5.87. The van der Waals surface area contributed by atoms with E-state index in [4.69, 9.17) is 4.52 Å². The summed E-state index contributed by atoms with van der Waals surface area (Å²) in [6.07, 6.45) is 0.824. The molecule has 25 heavy (non-hydrogen) atoms. The number of amides is 1. The summed E-state index contributed by atoms with van der Waals surface area (Å²) in [6.45, 7) is 3.62. The minimum Gasteiger partial charge on any atom is -0.360 e. The van der Waals surface area contributed by atoms with Crippen molar-refractivity contribution in [2.24, 2.45) is 0 Å². The van der Waals surface area contributed by atoms with Crippen LogP contribution >= 0.6 is 0 Å². The summed E-state index contributed by atoms with van der Waals surface area (Å²) in [7, 11) is 0. The number of hydrogen-bond acceptors (Lipinski definition) is 7. The Morgan fingerprint density at radius 2 is 2.28 bits per heavy atom. The Morgan fingerprint density at radius 3 is 3.00 bits per heavy atom. The van der Waals surface area contributed by atoms with E-state index in [2.05, 4.69) is 21.3 Å². The average Bonchev–Trinajstić information content (AvgIpc) is 3.21. The molecule has 1 aromatic carbocycles. The number of nitro benzene ring substituents is 1. The molecule has 3 rings (SSSR count). The fourth-order valence-electron chi connectivity index (χ4n) is 2.90. The zero-order valence-corrected chi connectivity index (χ0v) is 13.9. The third-order valence-corrected chi connectivity index (χ3v) is 4.17. The number of aromatic nitrogens is 1. The molecule has 0 aliphatic carbocycles. The fraction of sp³-hybridized carbons (Fsp3) is 0.375. The highest BCUT2D eigenvalue weighted by molar-refractivity contribution is 5.96. The van der Waals surface area contributed by atoms with Crippen LogP contribution in [0.1, 0.15) is 46.8 Å². The highest BCUT2D eigenvalue weighted by Crippen LogP contribution is 2.25. The number of benzene rings is 1. The molecule has 1 aromatic heterocycles. The third kappa shape index (κ3) is 3.52. The van der Waals surface area contributed by atoms with Crippen LogP contribution in [0.25, 0.3) is 0 Å². The van der Waals surface area contributed by atoms with Gasteiger partial charge in [-0.05, 0) is 12.5 Å². The van der Waals surface area contributed by atoms with Gasteiger partial charge in [0.2, 0.25) is 0 Å². The quantitative estimate of drug-likeness (QED) is 0.557. The molecule has 132 valence electrons. The molecule has 9 heteroatoms. The van der Waals surface area contributed by atoms with Crippen LogP contribution < -0.4 is 16.2 Å². The molecule has 0 radical (unpaired) electrons. The molecule has 3 N–H and O–H groups in total. The Kier molecular flexibility index (Phi) is 4.77. The number of hydrogen-bond donors (Lipinski definition) is 3. The van der Waals surface area contributed by atoms with Crippen LogP contribution in [0.5, 0.6) is 0 Å². The summed E-state index contributed by atoms with van der Waals surface area (Å²) in [5, 5.41) is 17.6. The van der Waals surface area contributed by atoms with Gasteiger partial charge < -0.3 is 9.84 Å². The molecule has 0 saturated carbocycles. The smallest absolute Gasteiger partial charge is 0.269 e. The number of nitrogens with zero attached hydrogens (tertiary/aromatic N) is 2. The third-order valence-electron chi connectivity index (χ3n) is 4.17. The minimum atomic E-state index is -0.425. The second-order valence-electron chi connectivity index (χ2n) is 5.87. The number of nitrogens with one attached hydrogen (secondary N) is 3. The monoisotopic (exact) mass is 345 g/mol. The molecule has 1 aliphatic rings. The minimum absolute atomic E-state index is 0.0412. The molecule has 1 fully saturated rings. The molecule has 2 heterocycles. The molecule has 2 unspecified atom stereocenters. The van der Waals surface area contributed by atoms with Gasteiger partial charge in [0, 0.05) is 31.0 Å². The predicted molar refractivity (Wildman–Crippen MR) is 88.6 cm³/mol. The van der Waals surface area contributed by atoms with Gasteiger partial charge >= 0.3 is 0 Å². The largest absolute Gasteiger partial charge is 0.360 e. The fourth-order valence-corrected chi connectivity index (χ4v) is 2.90. The van der Waals surface area contributed by atoms with E-state index in [-0.39, 0.29) is 23.8 Å². The molecule has 2 atom stereocenters. The lowest BCUT2D eigenvalue weighted by atomic mass is 10.0. The average molecular weight is 345 g/mol. The zero-order valence-electron chi connectivity index (χ0n) is 13.9. The lowest BCUT2D eigenvalue weighted by Gasteiger charge is -2.12. The summed E-state index contributed by atoms with van der Waals surface area (Å²) in [5.41, 5.74) is 7.90. The molecule has 0 spiro atoms. The molecular weight excluding hydrogens is 326 g/mol. The Hall–Kier alpha value is -2.78. The molecule has 0 bridgehead atoms. The van der Waals surface area contributed by atoms with Crippen molar-refractivity contribution >= 4 is 11.6 Å². The highest BCUT2D eigenvalue weighted by atomic mass is 16.6. The summed E-state index contributed by atoms with van der Waals surface area (Å²) >= 11 is 0. The van der Waals surface area contributed by atoms with Gasteiger partial charge in [0.15, 0.2) is 0 Å². The van der Waals surface area contributed by atoms with Gasteiger partial charge in [-0.1, -0.05) is 24.2 Å². The number of nitro groups is 1. The van der Waals surface area contributed by atoms with E-state index < -0.39 is 4.92 Å². The van der Waals surface area contributed by atoms with Gasteiger partial charge in [-0.25, -0.2) is 10.9 Å². The lowest BCUT2D eigenvalue weighted by Crippen LogP contribution is -2.44. The number of non-ortho nitro benzene ring substituents is 1. The molecule has 1 aliphatic heterocycles. The number of carbonyl (C=O) groups excluding carboxylic acids is 1. The Labute approximate surface area is 143 Å². The number of hydrazine groups is 1. The summed E-state index contributed by atoms with van der Waals surface area (Å²) in [6, 6.07) is 6.30. The standard InChI is InChI=1S/C16H19N5O4/c1-3-13-15(9(2)20-25-13)16(22)17-14-8-12(18-19-14)10-5-4-6-11(7-10)21(23)24/h4-7,12,14,18-19H,3,8H2,1-2H3,(H,17,22). The summed E-state index contributed by atoms with van der Waals surface area (Å²) in [4.78, 5) is 23.0. The van der Waals surface area contributed by atoms with Crippen molar-refractivity contribution in [1.29, 1.82) is 0 Å². The van der Waals surface area contributed by atoms with Crippen molar-refractivity contribution in [1.82, 2.24) is 21.3 Å². The van der Waals surface area contributed by atoms with Crippen LogP contribution in [0, 0.1) is 17.0 Å². The number of aryl methyl sites for hydroxylation is 2. The molecule has 9 nitrogen and oxygen atoms in total. The first-order valence-electron chi connectivity index (χ1n) is 8.01. The van der Waals surface area contributed by atoms with Gasteiger partial charge in [0.25, 0.3) is 11.6 Å². The maximum atomic E-state index is 12.5. The van der Waals surface area contributed by atoms with Crippen LogP contribution in [-0.4, -0.2) is 22.2 Å². The van der Waals surface area contributed by atoms with E-state index >= 15 is 0 Å². The predicted octanol–water partition coefficient (Wildman–Crippen LogP) is 1.75. The van der Waals surface area contributed by atoms with Crippen molar-refractivity contribution in [3.8, 4) is 0 Å². The van der Waals surface area contributed by atoms with E-state index in [9.17, 15) is 14.9 Å². The van der Waals surface area contributed by atoms with Gasteiger partial charge in [-0.2, -0.15) is 0 Å².